The Balaban J connectivity index is 2.64. The number of aliphatic hydroxyl groups is 1. The Morgan fingerprint density at radius 1 is 1.54 bits per heavy atom. The highest BCUT2D eigenvalue weighted by molar-refractivity contribution is 4.93. The second-order valence-electron chi connectivity index (χ2n) is 4.54. The normalized spacial score (nSPS) is 42.2. The Bertz CT molecular complexity index is 174. The van der Waals surface area contributed by atoms with Crippen molar-refractivity contribution in [2.75, 3.05) is 20.1 Å². The van der Waals surface area contributed by atoms with Crippen molar-refractivity contribution in [2.24, 2.45) is 11.7 Å². The Labute approximate surface area is 80.9 Å². The SMILES string of the molecule is C[C@@H]1C[C@@](O)(CCN)[C@@H](C)CN1C. The summed E-state index contributed by atoms with van der Waals surface area (Å²) in [4.78, 5) is 2.30. The first-order chi connectivity index (χ1) is 5.99. The van der Waals surface area contributed by atoms with E-state index < -0.39 is 5.60 Å². The molecule has 13 heavy (non-hydrogen) atoms. The Morgan fingerprint density at radius 2 is 2.15 bits per heavy atom. The fourth-order valence-electron chi connectivity index (χ4n) is 2.25. The average Bonchev–Trinajstić information content (AvgIpc) is 2.02. The Hall–Kier alpha value is -0.120. The van der Waals surface area contributed by atoms with E-state index in [1.165, 1.54) is 0 Å². The molecule has 1 heterocycles. The van der Waals surface area contributed by atoms with Crippen molar-refractivity contribution in [1.82, 2.24) is 4.90 Å². The second-order valence-corrected chi connectivity index (χ2v) is 4.54. The molecule has 0 aromatic heterocycles. The molecule has 0 saturated carbocycles. The van der Waals surface area contributed by atoms with Gasteiger partial charge in [0.2, 0.25) is 0 Å². The number of hydrogen-bond acceptors (Lipinski definition) is 3. The van der Waals surface area contributed by atoms with Crippen molar-refractivity contribution < 1.29 is 5.11 Å². The van der Waals surface area contributed by atoms with Crippen LogP contribution in [0.5, 0.6) is 0 Å². The minimum Gasteiger partial charge on any atom is -0.389 e. The van der Waals surface area contributed by atoms with Crippen molar-refractivity contribution in [1.29, 1.82) is 0 Å². The van der Waals surface area contributed by atoms with Crippen LogP contribution in [0.25, 0.3) is 0 Å². The molecule has 0 unspecified atom stereocenters. The van der Waals surface area contributed by atoms with Gasteiger partial charge in [-0.2, -0.15) is 0 Å². The third-order valence-corrected chi connectivity index (χ3v) is 3.46. The molecule has 1 aliphatic heterocycles. The molecular formula is C10H22N2O. The van der Waals surface area contributed by atoms with Crippen molar-refractivity contribution in [3.05, 3.63) is 0 Å². The van der Waals surface area contributed by atoms with Crippen LogP contribution < -0.4 is 5.73 Å². The van der Waals surface area contributed by atoms with Gasteiger partial charge in [0.15, 0.2) is 0 Å². The van der Waals surface area contributed by atoms with Gasteiger partial charge in [-0.25, -0.2) is 0 Å². The van der Waals surface area contributed by atoms with Gasteiger partial charge >= 0.3 is 0 Å². The van der Waals surface area contributed by atoms with Gasteiger partial charge in [0.1, 0.15) is 0 Å². The first-order valence-corrected chi connectivity index (χ1v) is 5.12. The van der Waals surface area contributed by atoms with E-state index in [-0.39, 0.29) is 0 Å². The highest BCUT2D eigenvalue weighted by Crippen LogP contribution is 2.32. The fourth-order valence-corrected chi connectivity index (χ4v) is 2.25. The largest absolute Gasteiger partial charge is 0.389 e. The molecule has 1 rings (SSSR count). The van der Waals surface area contributed by atoms with E-state index in [0.29, 0.717) is 18.5 Å². The molecule has 78 valence electrons. The number of likely N-dealkylation sites (tertiary alicyclic amines) is 1. The predicted molar refractivity (Wildman–Crippen MR) is 54.5 cm³/mol. The van der Waals surface area contributed by atoms with Gasteiger partial charge in [-0.15, -0.1) is 0 Å². The molecule has 0 aliphatic carbocycles. The van der Waals surface area contributed by atoms with Crippen LogP contribution in [-0.4, -0.2) is 41.8 Å². The summed E-state index contributed by atoms with van der Waals surface area (Å²) in [7, 11) is 2.11. The van der Waals surface area contributed by atoms with Gasteiger partial charge in [0.05, 0.1) is 5.60 Å². The lowest BCUT2D eigenvalue weighted by atomic mass is 9.77. The summed E-state index contributed by atoms with van der Waals surface area (Å²) in [5, 5.41) is 10.3. The van der Waals surface area contributed by atoms with Crippen LogP contribution in [0.3, 0.4) is 0 Å². The van der Waals surface area contributed by atoms with Gasteiger partial charge in [-0.3, -0.25) is 0 Å². The zero-order valence-electron chi connectivity index (χ0n) is 8.95. The van der Waals surface area contributed by atoms with Crippen LogP contribution in [0.1, 0.15) is 26.7 Å². The smallest absolute Gasteiger partial charge is 0.0712 e. The van der Waals surface area contributed by atoms with Crippen LogP contribution in [0, 0.1) is 5.92 Å². The van der Waals surface area contributed by atoms with Crippen molar-refractivity contribution in [3.8, 4) is 0 Å². The molecule has 0 bridgehead atoms. The minimum absolute atomic E-state index is 0.331. The zero-order chi connectivity index (χ0) is 10.1. The molecule has 1 fully saturated rings. The van der Waals surface area contributed by atoms with Crippen LogP contribution in [0.2, 0.25) is 0 Å². The maximum atomic E-state index is 10.3. The van der Waals surface area contributed by atoms with E-state index in [1.807, 2.05) is 0 Å². The Morgan fingerprint density at radius 3 is 2.69 bits per heavy atom. The molecule has 0 radical (unpaired) electrons. The Kier molecular flexibility index (Phi) is 3.33. The van der Waals surface area contributed by atoms with Crippen molar-refractivity contribution in [2.45, 2.75) is 38.3 Å². The highest BCUT2D eigenvalue weighted by Gasteiger charge is 2.39. The first kappa shape index (κ1) is 11.0. The lowest BCUT2D eigenvalue weighted by Crippen LogP contribution is -2.54. The summed E-state index contributed by atoms with van der Waals surface area (Å²) in [5.41, 5.74) is 4.99. The molecule has 0 aromatic rings. The van der Waals surface area contributed by atoms with Crippen LogP contribution >= 0.6 is 0 Å². The molecule has 1 saturated heterocycles. The molecule has 0 aromatic carbocycles. The fraction of sp³-hybridized carbons (Fsp3) is 1.00. The van der Waals surface area contributed by atoms with Crippen molar-refractivity contribution in [3.63, 3.8) is 0 Å². The molecule has 1 aliphatic rings. The molecule has 3 N–H and O–H groups in total. The van der Waals surface area contributed by atoms with Crippen LogP contribution in [-0.2, 0) is 0 Å². The van der Waals surface area contributed by atoms with E-state index in [4.69, 9.17) is 5.73 Å². The molecule has 0 spiro atoms. The lowest BCUT2D eigenvalue weighted by molar-refractivity contribution is -0.0819. The second kappa shape index (κ2) is 3.95. The van der Waals surface area contributed by atoms with E-state index >= 15 is 0 Å². The highest BCUT2D eigenvalue weighted by atomic mass is 16.3. The first-order valence-electron chi connectivity index (χ1n) is 5.12. The van der Waals surface area contributed by atoms with Crippen LogP contribution in [0.15, 0.2) is 0 Å². The van der Waals surface area contributed by atoms with Gasteiger partial charge < -0.3 is 15.7 Å². The maximum Gasteiger partial charge on any atom is 0.0712 e. The number of hydrogen-bond donors (Lipinski definition) is 2. The molecular weight excluding hydrogens is 164 g/mol. The van der Waals surface area contributed by atoms with Crippen molar-refractivity contribution >= 4 is 0 Å². The topological polar surface area (TPSA) is 49.5 Å². The lowest BCUT2D eigenvalue weighted by Gasteiger charge is -2.45. The van der Waals surface area contributed by atoms with Gasteiger partial charge in [-0.05, 0) is 39.3 Å². The molecule has 3 nitrogen and oxygen atoms in total. The summed E-state index contributed by atoms with van der Waals surface area (Å²) in [6.07, 6.45) is 1.58. The standard InChI is InChI=1S/C10H22N2O/c1-8-7-12(3)9(2)6-10(8,13)4-5-11/h8-9,13H,4-7,11H2,1-3H3/t8-,9+,10-/m0/s1. The van der Waals surface area contributed by atoms with Gasteiger partial charge in [0.25, 0.3) is 0 Å². The predicted octanol–water partition coefficient (Wildman–Crippen LogP) is 0.426. The summed E-state index contributed by atoms with van der Waals surface area (Å²) in [6.45, 7) is 5.82. The molecule has 0 amide bonds. The number of piperidine rings is 1. The van der Waals surface area contributed by atoms with Crippen LogP contribution in [0.4, 0.5) is 0 Å². The van der Waals surface area contributed by atoms with E-state index in [0.717, 1.165) is 19.4 Å². The van der Waals surface area contributed by atoms with E-state index in [2.05, 4.69) is 25.8 Å². The zero-order valence-corrected chi connectivity index (χ0v) is 8.95. The maximum absolute atomic E-state index is 10.3. The quantitative estimate of drug-likeness (QED) is 0.657. The number of nitrogens with zero attached hydrogens (tertiary/aromatic N) is 1. The average molecular weight is 186 g/mol. The number of nitrogens with two attached hydrogens (primary N) is 1. The van der Waals surface area contributed by atoms with E-state index in [9.17, 15) is 5.11 Å². The number of rotatable bonds is 2. The molecule has 3 atom stereocenters. The summed E-state index contributed by atoms with van der Waals surface area (Å²) in [5.74, 6) is 0.331. The molecule has 3 heteroatoms. The van der Waals surface area contributed by atoms with E-state index in [1.54, 1.807) is 0 Å². The van der Waals surface area contributed by atoms with Gasteiger partial charge in [0, 0.05) is 12.6 Å². The van der Waals surface area contributed by atoms with Gasteiger partial charge in [-0.1, -0.05) is 6.92 Å². The monoisotopic (exact) mass is 186 g/mol. The summed E-state index contributed by atoms with van der Waals surface area (Å²) in [6, 6.07) is 0.466. The third-order valence-electron chi connectivity index (χ3n) is 3.46. The summed E-state index contributed by atoms with van der Waals surface area (Å²) < 4.78 is 0. The minimum atomic E-state index is -0.527. The third kappa shape index (κ3) is 2.22. The summed E-state index contributed by atoms with van der Waals surface area (Å²) >= 11 is 0.